The fraction of sp³-hybridized carbons (Fsp3) is 0.812. The fourth-order valence-corrected chi connectivity index (χ4v) is 2.05. The van der Waals surface area contributed by atoms with Crippen LogP contribution >= 0.6 is 0 Å². The summed E-state index contributed by atoms with van der Waals surface area (Å²) >= 11 is 0. The maximum absolute atomic E-state index is 10.3. The van der Waals surface area contributed by atoms with E-state index in [0.29, 0.717) is 6.42 Å². The van der Waals surface area contributed by atoms with Crippen molar-refractivity contribution >= 4 is 5.97 Å². The predicted octanol–water partition coefficient (Wildman–Crippen LogP) is 4.30. The number of carbonyl (C=O) groups is 1. The van der Waals surface area contributed by atoms with Crippen molar-refractivity contribution in [2.45, 2.75) is 83.7 Å². The first-order valence-electron chi connectivity index (χ1n) is 7.71. The molecule has 0 amide bonds. The van der Waals surface area contributed by atoms with Crippen molar-refractivity contribution in [3.05, 3.63) is 12.2 Å². The minimum atomic E-state index is -0.918. The Morgan fingerprint density at radius 3 is 2.11 bits per heavy atom. The molecular weight excluding hydrogens is 240 g/mol. The molecule has 0 spiro atoms. The van der Waals surface area contributed by atoms with Gasteiger partial charge in [0.25, 0.3) is 0 Å². The molecule has 3 nitrogen and oxygen atoms in total. The molecule has 1 unspecified atom stereocenters. The lowest BCUT2D eigenvalue weighted by molar-refractivity contribution is -0.139. The zero-order valence-electron chi connectivity index (χ0n) is 12.3. The number of carboxylic acids is 1. The van der Waals surface area contributed by atoms with Gasteiger partial charge in [0.2, 0.25) is 0 Å². The zero-order valence-corrected chi connectivity index (χ0v) is 12.3. The third-order valence-electron chi connectivity index (χ3n) is 3.21. The number of rotatable bonds is 13. The van der Waals surface area contributed by atoms with Gasteiger partial charge in [0.1, 0.15) is 0 Å². The minimum absolute atomic E-state index is 0.127. The topological polar surface area (TPSA) is 57.5 Å². The third-order valence-corrected chi connectivity index (χ3v) is 3.21. The summed E-state index contributed by atoms with van der Waals surface area (Å²) in [5, 5.41) is 17.9. The number of aliphatic hydroxyl groups is 1. The summed E-state index contributed by atoms with van der Waals surface area (Å²) in [7, 11) is 0. The molecule has 0 saturated heterocycles. The van der Waals surface area contributed by atoms with Crippen molar-refractivity contribution in [2.75, 3.05) is 0 Å². The van der Waals surface area contributed by atoms with E-state index in [1.54, 1.807) is 0 Å². The SMILES string of the molecule is CCCCCC/C=C/CCCCCC(O)CC(=O)O. The Morgan fingerprint density at radius 1 is 1.00 bits per heavy atom. The quantitative estimate of drug-likeness (QED) is 0.387. The molecule has 1 atom stereocenters. The van der Waals surface area contributed by atoms with Gasteiger partial charge in [0, 0.05) is 0 Å². The van der Waals surface area contributed by atoms with E-state index in [4.69, 9.17) is 5.11 Å². The number of hydrogen-bond donors (Lipinski definition) is 2. The van der Waals surface area contributed by atoms with Gasteiger partial charge in [-0.15, -0.1) is 0 Å². The van der Waals surface area contributed by atoms with Crippen molar-refractivity contribution in [3.63, 3.8) is 0 Å². The van der Waals surface area contributed by atoms with Crippen LogP contribution in [0.5, 0.6) is 0 Å². The van der Waals surface area contributed by atoms with E-state index in [-0.39, 0.29) is 6.42 Å². The first-order valence-corrected chi connectivity index (χ1v) is 7.71. The van der Waals surface area contributed by atoms with Gasteiger partial charge < -0.3 is 10.2 Å². The van der Waals surface area contributed by atoms with Gasteiger partial charge in [-0.3, -0.25) is 4.79 Å². The van der Waals surface area contributed by atoms with Gasteiger partial charge in [0.15, 0.2) is 0 Å². The number of aliphatic hydroxyl groups excluding tert-OH is 1. The molecule has 0 aromatic carbocycles. The van der Waals surface area contributed by atoms with Gasteiger partial charge in [-0.25, -0.2) is 0 Å². The highest BCUT2D eigenvalue weighted by Crippen LogP contribution is 2.09. The van der Waals surface area contributed by atoms with Crippen molar-refractivity contribution < 1.29 is 15.0 Å². The lowest BCUT2D eigenvalue weighted by atomic mass is 10.1. The molecule has 2 N–H and O–H groups in total. The molecule has 112 valence electrons. The number of carboxylic acid groups (broad SMARTS) is 1. The van der Waals surface area contributed by atoms with Gasteiger partial charge in [-0.1, -0.05) is 51.2 Å². The molecule has 0 heterocycles. The molecule has 0 aromatic heterocycles. The summed E-state index contributed by atoms with van der Waals surface area (Å²) in [6.07, 6.45) is 15.0. The van der Waals surface area contributed by atoms with Gasteiger partial charge in [-0.05, 0) is 32.1 Å². The molecule has 0 aliphatic carbocycles. The van der Waals surface area contributed by atoms with Crippen molar-refractivity contribution in [1.82, 2.24) is 0 Å². The molecule has 0 aliphatic heterocycles. The Balaban J connectivity index is 3.21. The number of hydrogen-bond acceptors (Lipinski definition) is 2. The molecule has 0 fully saturated rings. The summed E-state index contributed by atoms with van der Waals surface area (Å²) in [4.78, 5) is 10.3. The second-order valence-electron chi connectivity index (χ2n) is 5.21. The van der Waals surface area contributed by atoms with Gasteiger partial charge in [0.05, 0.1) is 12.5 Å². The lowest BCUT2D eigenvalue weighted by Gasteiger charge is -2.06. The number of allylic oxidation sites excluding steroid dienone is 2. The van der Waals surface area contributed by atoms with Crippen LogP contribution in [0.4, 0.5) is 0 Å². The molecule has 0 rings (SSSR count). The largest absolute Gasteiger partial charge is 0.481 e. The van der Waals surface area contributed by atoms with Crippen LogP contribution in [0.1, 0.15) is 77.6 Å². The summed E-state index contributed by atoms with van der Waals surface area (Å²) < 4.78 is 0. The minimum Gasteiger partial charge on any atom is -0.481 e. The highest BCUT2D eigenvalue weighted by Gasteiger charge is 2.08. The molecule has 3 heteroatoms. The van der Waals surface area contributed by atoms with E-state index in [1.807, 2.05) is 0 Å². The van der Waals surface area contributed by atoms with Gasteiger partial charge in [-0.2, -0.15) is 0 Å². The van der Waals surface area contributed by atoms with Crippen LogP contribution in [0.3, 0.4) is 0 Å². The van der Waals surface area contributed by atoms with Crippen LogP contribution in [0.15, 0.2) is 12.2 Å². The molecule has 0 saturated carbocycles. The summed E-state index contributed by atoms with van der Waals surface area (Å²) in [5.41, 5.74) is 0. The molecular formula is C16H30O3. The maximum Gasteiger partial charge on any atom is 0.305 e. The Kier molecular flexibility index (Phi) is 13.0. The second-order valence-corrected chi connectivity index (χ2v) is 5.21. The average Bonchev–Trinajstić information content (AvgIpc) is 2.35. The molecule has 0 radical (unpaired) electrons. The second kappa shape index (κ2) is 13.6. The van der Waals surface area contributed by atoms with Crippen molar-refractivity contribution in [1.29, 1.82) is 0 Å². The Bertz CT molecular complexity index is 236. The maximum atomic E-state index is 10.3. The highest BCUT2D eigenvalue weighted by atomic mass is 16.4. The van der Waals surface area contributed by atoms with Crippen LogP contribution in [0.2, 0.25) is 0 Å². The standard InChI is InChI=1S/C16H30O3/c1-2-3-4-5-6-7-8-9-10-11-12-13-15(17)14-16(18)19/h7-8,15,17H,2-6,9-14H2,1H3,(H,18,19)/b8-7+. The third kappa shape index (κ3) is 15.1. The number of unbranched alkanes of at least 4 members (excludes halogenated alkanes) is 7. The van der Waals surface area contributed by atoms with Crippen molar-refractivity contribution in [2.24, 2.45) is 0 Å². The molecule has 0 aromatic rings. The van der Waals surface area contributed by atoms with Crippen LogP contribution in [-0.2, 0) is 4.79 Å². The predicted molar refractivity (Wildman–Crippen MR) is 79.2 cm³/mol. The van der Waals surface area contributed by atoms with Crippen LogP contribution in [0, 0.1) is 0 Å². The van der Waals surface area contributed by atoms with E-state index in [9.17, 15) is 9.90 Å². The first-order chi connectivity index (χ1) is 9.16. The van der Waals surface area contributed by atoms with E-state index in [1.165, 1.54) is 32.1 Å². The normalized spacial score (nSPS) is 12.9. The first kappa shape index (κ1) is 18.2. The van der Waals surface area contributed by atoms with Crippen LogP contribution in [0.25, 0.3) is 0 Å². The van der Waals surface area contributed by atoms with Crippen LogP contribution < -0.4 is 0 Å². The van der Waals surface area contributed by atoms with E-state index < -0.39 is 12.1 Å². The summed E-state index contributed by atoms with van der Waals surface area (Å²) in [6.45, 7) is 2.23. The van der Waals surface area contributed by atoms with E-state index in [2.05, 4.69) is 19.1 Å². The van der Waals surface area contributed by atoms with E-state index in [0.717, 1.165) is 25.7 Å². The zero-order chi connectivity index (χ0) is 14.3. The molecule has 19 heavy (non-hydrogen) atoms. The van der Waals surface area contributed by atoms with Crippen molar-refractivity contribution in [3.8, 4) is 0 Å². The smallest absolute Gasteiger partial charge is 0.305 e. The number of aliphatic carboxylic acids is 1. The summed E-state index contributed by atoms with van der Waals surface area (Å²) in [6, 6.07) is 0. The summed E-state index contributed by atoms with van der Waals surface area (Å²) in [5.74, 6) is -0.918. The molecule has 0 bridgehead atoms. The molecule has 0 aliphatic rings. The Labute approximate surface area is 117 Å². The van der Waals surface area contributed by atoms with Crippen LogP contribution in [-0.4, -0.2) is 22.3 Å². The monoisotopic (exact) mass is 270 g/mol. The lowest BCUT2D eigenvalue weighted by Crippen LogP contribution is -2.12. The Morgan fingerprint density at radius 2 is 1.58 bits per heavy atom. The Hall–Kier alpha value is -0.830. The van der Waals surface area contributed by atoms with E-state index >= 15 is 0 Å². The average molecular weight is 270 g/mol. The fourth-order valence-electron chi connectivity index (χ4n) is 2.05. The van der Waals surface area contributed by atoms with Gasteiger partial charge >= 0.3 is 5.97 Å². The highest BCUT2D eigenvalue weighted by molar-refractivity contribution is 5.67.